The van der Waals surface area contributed by atoms with Crippen molar-refractivity contribution in [3.63, 3.8) is 0 Å². The number of piperidine rings is 1. The lowest BCUT2D eigenvalue weighted by Crippen LogP contribution is -2.38. The van der Waals surface area contributed by atoms with Crippen molar-refractivity contribution in [2.24, 2.45) is 5.92 Å². The molecule has 1 aromatic heterocycles. The third kappa shape index (κ3) is 2.37. The van der Waals surface area contributed by atoms with E-state index >= 15 is 0 Å². The molecule has 2 heterocycles. The van der Waals surface area contributed by atoms with Gasteiger partial charge in [0.05, 0.1) is 12.2 Å². The molecule has 15 heavy (non-hydrogen) atoms. The van der Waals surface area contributed by atoms with Crippen molar-refractivity contribution in [1.29, 1.82) is 0 Å². The SMILES string of the molecule is O=C(c1ccsc1)N1CCC(CF)CC1. The first kappa shape index (κ1) is 10.6. The third-order valence-corrected chi connectivity index (χ3v) is 3.57. The van der Waals surface area contributed by atoms with Gasteiger partial charge in [-0.2, -0.15) is 11.3 Å². The van der Waals surface area contributed by atoms with E-state index < -0.39 is 0 Å². The molecular formula is C11H14FNOS. The van der Waals surface area contributed by atoms with E-state index in [1.165, 1.54) is 11.3 Å². The number of hydrogen-bond donors (Lipinski definition) is 0. The van der Waals surface area contributed by atoms with Crippen LogP contribution < -0.4 is 0 Å². The highest BCUT2D eigenvalue weighted by molar-refractivity contribution is 7.08. The molecule has 0 bridgehead atoms. The summed E-state index contributed by atoms with van der Waals surface area (Å²) in [5.41, 5.74) is 0.763. The molecule has 1 saturated heterocycles. The van der Waals surface area contributed by atoms with E-state index in [2.05, 4.69) is 0 Å². The van der Waals surface area contributed by atoms with Gasteiger partial charge in [0, 0.05) is 18.5 Å². The van der Waals surface area contributed by atoms with Crippen LogP contribution in [0.5, 0.6) is 0 Å². The molecule has 0 radical (unpaired) electrons. The van der Waals surface area contributed by atoms with Gasteiger partial charge in [0.25, 0.3) is 5.91 Å². The Balaban J connectivity index is 1.93. The highest BCUT2D eigenvalue weighted by Gasteiger charge is 2.23. The minimum absolute atomic E-state index is 0.0913. The van der Waals surface area contributed by atoms with E-state index in [1.807, 2.05) is 21.7 Å². The summed E-state index contributed by atoms with van der Waals surface area (Å²) in [5, 5.41) is 3.77. The fourth-order valence-electron chi connectivity index (χ4n) is 1.86. The smallest absolute Gasteiger partial charge is 0.254 e. The zero-order valence-corrected chi connectivity index (χ0v) is 9.30. The molecule has 0 atom stereocenters. The molecule has 1 aliphatic rings. The first-order valence-electron chi connectivity index (χ1n) is 5.18. The summed E-state index contributed by atoms with van der Waals surface area (Å²) in [5.74, 6) is 0.255. The lowest BCUT2D eigenvalue weighted by atomic mass is 9.98. The molecule has 0 N–H and O–H groups in total. The number of alkyl halides is 1. The third-order valence-electron chi connectivity index (χ3n) is 2.89. The average Bonchev–Trinajstić information content (AvgIpc) is 2.82. The number of hydrogen-bond acceptors (Lipinski definition) is 2. The molecule has 0 spiro atoms. The Bertz CT molecular complexity index is 317. The van der Waals surface area contributed by atoms with Gasteiger partial charge in [-0.25, -0.2) is 0 Å². The maximum Gasteiger partial charge on any atom is 0.254 e. The molecule has 0 unspecified atom stereocenters. The van der Waals surface area contributed by atoms with Gasteiger partial charge >= 0.3 is 0 Å². The summed E-state index contributed by atoms with van der Waals surface area (Å²) in [7, 11) is 0. The monoisotopic (exact) mass is 227 g/mol. The van der Waals surface area contributed by atoms with Crippen molar-refractivity contribution in [3.8, 4) is 0 Å². The van der Waals surface area contributed by atoms with Crippen LogP contribution >= 0.6 is 11.3 Å². The molecule has 0 aliphatic carbocycles. The van der Waals surface area contributed by atoms with Gasteiger partial charge < -0.3 is 4.90 Å². The van der Waals surface area contributed by atoms with Gasteiger partial charge in [0.15, 0.2) is 0 Å². The molecule has 2 rings (SSSR count). The minimum Gasteiger partial charge on any atom is -0.339 e. The predicted molar refractivity (Wildman–Crippen MR) is 58.9 cm³/mol. The summed E-state index contributed by atoms with van der Waals surface area (Å²) < 4.78 is 12.4. The highest BCUT2D eigenvalue weighted by Crippen LogP contribution is 2.19. The lowest BCUT2D eigenvalue weighted by Gasteiger charge is -2.30. The number of rotatable bonds is 2. The molecule has 1 fully saturated rings. The average molecular weight is 227 g/mol. The molecule has 2 nitrogen and oxygen atoms in total. The maximum absolute atomic E-state index is 12.4. The Hall–Kier alpha value is -0.900. The first-order chi connectivity index (χ1) is 7.31. The Labute approximate surface area is 92.7 Å². The largest absolute Gasteiger partial charge is 0.339 e. The lowest BCUT2D eigenvalue weighted by molar-refractivity contribution is 0.0678. The van der Waals surface area contributed by atoms with E-state index in [-0.39, 0.29) is 18.5 Å². The van der Waals surface area contributed by atoms with Crippen LogP contribution in [0.1, 0.15) is 23.2 Å². The zero-order valence-electron chi connectivity index (χ0n) is 8.49. The summed E-state index contributed by atoms with van der Waals surface area (Å²) >= 11 is 1.53. The fraction of sp³-hybridized carbons (Fsp3) is 0.545. The van der Waals surface area contributed by atoms with Crippen molar-refractivity contribution >= 4 is 17.2 Å². The van der Waals surface area contributed by atoms with Gasteiger partial charge in [-0.05, 0) is 30.2 Å². The van der Waals surface area contributed by atoms with Crippen molar-refractivity contribution in [2.75, 3.05) is 19.8 Å². The van der Waals surface area contributed by atoms with Gasteiger partial charge in [-0.15, -0.1) is 0 Å². The molecule has 1 aliphatic heterocycles. The summed E-state index contributed by atoms with van der Waals surface area (Å²) in [4.78, 5) is 13.7. The molecular weight excluding hydrogens is 213 g/mol. The van der Waals surface area contributed by atoms with Crippen LogP contribution in [0.3, 0.4) is 0 Å². The van der Waals surface area contributed by atoms with Gasteiger partial charge in [-0.1, -0.05) is 0 Å². The number of nitrogens with zero attached hydrogens (tertiary/aromatic N) is 1. The topological polar surface area (TPSA) is 20.3 Å². The van der Waals surface area contributed by atoms with E-state index in [1.54, 1.807) is 0 Å². The number of carbonyl (C=O) groups excluding carboxylic acids is 1. The number of thiophene rings is 1. The highest BCUT2D eigenvalue weighted by atomic mass is 32.1. The summed E-state index contributed by atoms with van der Waals surface area (Å²) in [6.45, 7) is 1.15. The van der Waals surface area contributed by atoms with Crippen LogP contribution in [0.25, 0.3) is 0 Å². The zero-order chi connectivity index (χ0) is 10.7. The quantitative estimate of drug-likeness (QED) is 0.760. The normalized spacial score (nSPS) is 18.1. The molecule has 1 aromatic rings. The van der Waals surface area contributed by atoms with E-state index in [0.29, 0.717) is 13.1 Å². The van der Waals surface area contributed by atoms with Crippen molar-refractivity contribution < 1.29 is 9.18 Å². The maximum atomic E-state index is 12.4. The molecule has 82 valence electrons. The van der Waals surface area contributed by atoms with Crippen molar-refractivity contribution in [1.82, 2.24) is 4.90 Å². The summed E-state index contributed by atoms with van der Waals surface area (Å²) in [6, 6.07) is 1.84. The van der Waals surface area contributed by atoms with Gasteiger partial charge in [0.2, 0.25) is 0 Å². The van der Waals surface area contributed by atoms with E-state index in [0.717, 1.165) is 18.4 Å². The summed E-state index contributed by atoms with van der Waals surface area (Å²) in [6.07, 6.45) is 1.60. The molecule has 0 aromatic carbocycles. The predicted octanol–water partition coefficient (Wildman–Crippen LogP) is 2.57. The standard InChI is InChI=1S/C11H14FNOS/c12-7-9-1-4-13(5-2-9)11(14)10-3-6-15-8-10/h3,6,8-9H,1-2,4-5,7H2. The Kier molecular flexibility index (Phi) is 3.36. The van der Waals surface area contributed by atoms with E-state index in [4.69, 9.17) is 0 Å². The number of halogens is 1. The van der Waals surface area contributed by atoms with Gasteiger partial charge in [0.1, 0.15) is 0 Å². The molecule has 1 amide bonds. The van der Waals surface area contributed by atoms with Crippen LogP contribution in [-0.2, 0) is 0 Å². The van der Waals surface area contributed by atoms with Crippen LogP contribution in [0.4, 0.5) is 4.39 Å². The van der Waals surface area contributed by atoms with Gasteiger partial charge in [-0.3, -0.25) is 9.18 Å². The number of likely N-dealkylation sites (tertiary alicyclic amines) is 1. The van der Waals surface area contributed by atoms with Crippen molar-refractivity contribution in [3.05, 3.63) is 22.4 Å². The number of carbonyl (C=O) groups is 1. The Morgan fingerprint density at radius 1 is 1.53 bits per heavy atom. The van der Waals surface area contributed by atoms with Crippen LogP contribution in [-0.4, -0.2) is 30.6 Å². The van der Waals surface area contributed by atoms with Crippen LogP contribution in [0.15, 0.2) is 16.8 Å². The second kappa shape index (κ2) is 4.75. The second-order valence-corrected chi connectivity index (χ2v) is 4.68. The fourth-order valence-corrected chi connectivity index (χ4v) is 2.49. The van der Waals surface area contributed by atoms with E-state index in [9.17, 15) is 9.18 Å². The first-order valence-corrected chi connectivity index (χ1v) is 6.13. The second-order valence-electron chi connectivity index (χ2n) is 3.90. The Morgan fingerprint density at radius 2 is 2.27 bits per heavy atom. The van der Waals surface area contributed by atoms with Crippen molar-refractivity contribution in [2.45, 2.75) is 12.8 Å². The molecule has 4 heteroatoms. The molecule has 0 saturated carbocycles. The van der Waals surface area contributed by atoms with Crippen LogP contribution in [0.2, 0.25) is 0 Å². The van der Waals surface area contributed by atoms with Crippen LogP contribution in [0, 0.1) is 5.92 Å². The number of amides is 1. The Morgan fingerprint density at radius 3 is 2.80 bits per heavy atom. The minimum atomic E-state index is -0.250.